The molecule has 2 N–H and O–H groups in total. The summed E-state index contributed by atoms with van der Waals surface area (Å²) in [6.07, 6.45) is 0.471. The van der Waals surface area contributed by atoms with Crippen LogP contribution in [0, 0.1) is 0 Å². The van der Waals surface area contributed by atoms with Crippen LogP contribution in [0.15, 0.2) is 77.7 Å². The topological polar surface area (TPSA) is 67.4 Å². The quantitative estimate of drug-likeness (QED) is 0.638. The van der Waals surface area contributed by atoms with E-state index in [0.29, 0.717) is 30.0 Å². The lowest BCUT2D eigenvalue weighted by atomic mass is 10.1. The Balaban J connectivity index is 1.46. The molecule has 5 nitrogen and oxygen atoms in total. The lowest BCUT2D eigenvalue weighted by Crippen LogP contribution is -2.23. The van der Waals surface area contributed by atoms with Gasteiger partial charge in [0.15, 0.2) is 0 Å². The van der Waals surface area contributed by atoms with Crippen LogP contribution in [-0.4, -0.2) is 17.6 Å². The molecule has 146 valence electrons. The van der Waals surface area contributed by atoms with Crippen LogP contribution in [0.5, 0.6) is 11.5 Å². The van der Waals surface area contributed by atoms with E-state index in [4.69, 9.17) is 4.74 Å². The smallest absolute Gasteiger partial charge is 0.251 e. The molecule has 3 aromatic rings. The van der Waals surface area contributed by atoms with Crippen molar-refractivity contribution in [2.75, 3.05) is 11.1 Å². The van der Waals surface area contributed by atoms with Crippen LogP contribution in [-0.2, 0) is 11.3 Å². The van der Waals surface area contributed by atoms with Gasteiger partial charge in [-0.3, -0.25) is 9.59 Å². The number of para-hydroxylation sites is 2. The monoisotopic (exact) mass is 404 g/mol. The van der Waals surface area contributed by atoms with Crippen molar-refractivity contribution in [1.29, 1.82) is 0 Å². The molecular formula is C23H20N2O3S. The second-order valence-electron chi connectivity index (χ2n) is 6.56. The summed E-state index contributed by atoms with van der Waals surface area (Å²) in [7, 11) is 0. The highest BCUT2D eigenvalue weighted by atomic mass is 32.2. The van der Waals surface area contributed by atoms with E-state index in [1.165, 1.54) is 0 Å². The maximum Gasteiger partial charge on any atom is 0.251 e. The standard InChI is InChI=1S/C23H20N2O3S/c26-22-12-13-29-21-11-10-16(14-19(21)25-22)23(27)24-15-17-6-4-5-9-20(17)28-18-7-2-1-3-8-18/h1-11,14H,12-13,15H2,(H,24,27)(H,25,26). The number of benzene rings is 3. The Labute approximate surface area is 173 Å². The highest BCUT2D eigenvalue weighted by Gasteiger charge is 2.16. The van der Waals surface area contributed by atoms with Gasteiger partial charge in [-0.15, -0.1) is 11.8 Å². The van der Waals surface area contributed by atoms with Gasteiger partial charge in [0.25, 0.3) is 5.91 Å². The van der Waals surface area contributed by atoms with Crippen molar-refractivity contribution in [3.05, 3.63) is 83.9 Å². The molecule has 1 aliphatic rings. The third-order valence-corrected chi connectivity index (χ3v) is 5.56. The summed E-state index contributed by atoms with van der Waals surface area (Å²) < 4.78 is 5.95. The molecule has 0 aliphatic carbocycles. The first-order valence-electron chi connectivity index (χ1n) is 9.35. The zero-order chi connectivity index (χ0) is 20.1. The molecule has 0 unspecified atom stereocenters. The first-order chi connectivity index (χ1) is 14.2. The predicted molar refractivity (Wildman–Crippen MR) is 115 cm³/mol. The molecule has 29 heavy (non-hydrogen) atoms. The number of ether oxygens (including phenoxy) is 1. The van der Waals surface area contributed by atoms with Crippen molar-refractivity contribution in [3.8, 4) is 11.5 Å². The van der Waals surface area contributed by atoms with Gasteiger partial charge in [0.1, 0.15) is 11.5 Å². The van der Waals surface area contributed by atoms with Gasteiger partial charge in [0.05, 0.1) is 5.69 Å². The van der Waals surface area contributed by atoms with Crippen molar-refractivity contribution in [2.45, 2.75) is 17.9 Å². The molecule has 0 radical (unpaired) electrons. The van der Waals surface area contributed by atoms with Gasteiger partial charge in [-0.25, -0.2) is 0 Å². The highest BCUT2D eigenvalue weighted by Crippen LogP contribution is 2.31. The number of rotatable bonds is 5. The Hall–Kier alpha value is -3.25. The second-order valence-corrected chi connectivity index (χ2v) is 7.70. The maximum absolute atomic E-state index is 12.7. The molecule has 0 bridgehead atoms. The number of hydrogen-bond donors (Lipinski definition) is 2. The van der Waals surface area contributed by atoms with Crippen LogP contribution in [0.3, 0.4) is 0 Å². The molecule has 1 aliphatic heterocycles. The van der Waals surface area contributed by atoms with Crippen molar-refractivity contribution >= 4 is 29.3 Å². The summed E-state index contributed by atoms with van der Waals surface area (Å²) in [5.41, 5.74) is 2.08. The number of anilines is 1. The van der Waals surface area contributed by atoms with Crippen molar-refractivity contribution < 1.29 is 14.3 Å². The first-order valence-corrected chi connectivity index (χ1v) is 10.3. The number of carbonyl (C=O) groups is 2. The number of nitrogens with one attached hydrogen (secondary N) is 2. The minimum absolute atomic E-state index is 0.0270. The van der Waals surface area contributed by atoms with Gasteiger partial charge in [0.2, 0.25) is 5.91 Å². The molecule has 0 aromatic heterocycles. The largest absolute Gasteiger partial charge is 0.457 e. The summed E-state index contributed by atoms with van der Waals surface area (Å²) in [6.45, 7) is 0.333. The second kappa shape index (κ2) is 8.84. The van der Waals surface area contributed by atoms with E-state index in [2.05, 4.69) is 10.6 Å². The zero-order valence-electron chi connectivity index (χ0n) is 15.7. The zero-order valence-corrected chi connectivity index (χ0v) is 16.5. The number of amides is 2. The molecule has 0 saturated carbocycles. The first kappa shape index (κ1) is 19.1. The normalized spacial score (nSPS) is 13.0. The SMILES string of the molecule is O=C1CCSc2ccc(C(=O)NCc3ccccc3Oc3ccccc3)cc2N1. The lowest BCUT2D eigenvalue weighted by Gasteiger charge is -2.13. The minimum Gasteiger partial charge on any atom is -0.457 e. The molecule has 4 rings (SSSR count). The van der Waals surface area contributed by atoms with Crippen LogP contribution in [0.1, 0.15) is 22.3 Å². The van der Waals surface area contributed by atoms with E-state index in [-0.39, 0.29) is 11.8 Å². The van der Waals surface area contributed by atoms with Crippen LogP contribution in [0.25, 0.3) is 0 Å². The van der Waals surface area contributed by atoms with Crippen LogP contribution >= 0.6 is 11.8 Å². The Morgan fingerprint density at radius 1 is 1.03 bits per heavy atom. The Bertz CT molecular complexity index is 1040. The van der Waals surface area contributed by atoms with E-state index in [9.17, 15) is 9.59 Å². The summed E-state index contributed by atoms with van der Waals surface area (Å²) in [4.78, 5) is 25.4. The Morgan fingerprint density at radius 3 is 2.69 bits per heavy atom. The lowest BCUT2D eigenvalue weighted by molar-refractivity contribution is -0.115. The third kappa shape index (κ3) is 4.78. The van der Waals surface area contributed by atoms with E-state index < -0.39 is 0 Å². The molecule has 0 fully saturated rings. The van der Waals surface area contributed by atoms with E-state index in [1.54, 1.807) is 23.9 Å². The van der Waals surface area contributed by atoms with Gasteiger partial charge in [-0.05, 0) is 36.4 Å². The summed E-state index contributed by atoms with van der Waals surface area (Å²) >= 11 is 1.62. The van der Waals surface area contributed by atoms with Gasteiger partial charge >= 0.3 is 0 Å². The summed E-state index contributed by atoms with van der Waals surface area (Å²) in [5, 5.41) is 5.80. The fourth-order valence-corrected chi connectivity index (χ4v) is 3.94. The van der Waals surface area contributed by atoms with Crippen molar-refractivity contribution in [1.82, 2.24) is 5.32 Å². The molecule has 2 amide bonds. The number of thioether (sulfide) groups is 1. The predicted octanol–water partition coefficient (Wildman–Crippen LogP) is 4.84. The Kier molecular flexibility index (Phi) is 5.81. The molecular weight excluding hydrogens is 384 g/mol. The van der Waals surface area contributed by atoms with Crippen molar-refractivity contribution in [2.24, 2.45) is 0 Å². The van der Waals surface area contributed by atoms with E-state index in [1.807, 2.05) is 60.7 Å². The minimum atomic E-state index is -0.203. The van der Waals surface area contributed by atoms with Gasteiger partial charge in [-0.2, -0.15) is 0 Å². The van der Waals surface area contributed by atoms with E-state index in [0.717, 1.165) is 22.0 Å². The maximum atomic E-state index is 12.7. The number of carbonyl (C=O) groups excluding carboxylic acids is 2. The average Bonchev–Trinajstić information content (AvgIpc) is 2.93. The van der Waals surface area contributed by atoms with Gasteiger partial charge in [0, 0.05) is 34.7 Å². The van der Waals surface area contributed by atoms with Crippen molar-refractivity contribution in [3.63, 3.8) is 0 Å². The molecule has 3 aromatic carbocycles. The van der Waals surface area contributed by atoms with Crippen LogP contribution in [0.2, 0.25) is 0 Å². The Morgan fingerprint density at radius 2 is 1.83 bits per heavy atom. The highest BCUT2D eigenvalue weighted by molar-refractivity contribution is 7.99. The van der Waals surface area contributed by atoms with Crippen LogP contribution < -0.4 is 15.4 Å². The number of hydrogen-bond acceptors (Lipinski definition) is 4. The van der Waals surface area contributed by atoms with Gasteiger partial charge in [-0.1, -0.05) is 36.4 Å². The fourth-order valence-electron chi connectivity index (χ4n) is 3.00. The van der Waals surface area contributed by atoms with Crippen LogP contribution in [0.4, 0.5) is 5.69 Å². The third-order valence-electron chi connectivity index (χ3n) is 4.49. The molecule has 0 spiro atoms. The number of fused-ring (bicyclic) bond motifs is 1. The molecule has 6 heteroatoms. The fraction of sp³-hybridized carbons (Fsp3) is 0.130. The van der Waals surface area contributed by atoms with Gasteiger partial charge < -0.3 is 15.4 Å². The molecule has 0 atom stereocenters. The average molecular weight is 404 g/mol. The summed E-state index contributed by atoms with van der Waals surface area (Å²) in [6, 6.07) is 22.5. The molecule has 0 saturated heterocycles. The van der Waals surface area contributed by atoms with E-state index >= 15 is 0 Å². The summed E-state index contributed by atoms with van der Waals surface area (Å²) in [5.74, 6) is 1.95. The molecule has 1 heterocycles.